The zero-order valence-electron chi connectivity index (χ0n) is 25.0. The molecule has 14 heteroatoms. The van der Waals surface area contributed by atoms with Gasteiger partial charge in [0.05, 0.1) is 30.2 Å². The largest absolute Gasteiger partial charge is 0.417 e. The highest BCUT2D eigenvalue weighted by atomic mass is 32.2. The number of likely N-dealkylation sites (tertiary alicyclic amines) is 2. The molecule has 1 N–H and O–H groups in total. The lowest BCUT2D eigenvalue weighted by molar-refractivity contribution is -0.139. The van der Waals surface area contributed by atoms with Crippen LogP contribution in [0, 0.1) is 11.8 Å². The molecule has 1 aromatic heterocycles. The number of aromatic nitrogens is 2. The van der Waals surface area contributed by atoms with E-state index in [0.717, 1.165) is 42.9 Å². The van der Waals surface area contributed by atoms with E-state index in [9.17, 15) is 31.1 Å². The standard InChI is InChI=1S/C30H41F4N5O3S2/c1-44(41,42)38-10-8-27-25(19-38)29(35-39(27)18-24(40)17-37-14-21-3-2-4-22(21)15-37)20-5-6-26(30(32,33)34)28(13-20)43-12-11-36-9-7-23(31)16-36/h5-6,13,21-24,40H,2-4,7-12,14-19H2,1H3/t21?,22?,23-,24-/m0/s1. The predicted octanol–water partition coefficient (Wildman–Crippen LogP) is 4.12. The molecule has 2 unspecified atom stereocenters. The van der Waals surface area contributed by atoms with Crippen molar-refractivity contribution in [3.8, 4) is 11.3 Å². The van der Waals surface area contributed by atoms with Crippen LogP contribution in [-0.4, -0.2) is 108 Å². The predicted molar refractivity (Wildman–Crippen MR) is 162 cm³/mol. The number of nitrogens with zero attached hydrogens (tertiary/aromatic N) is 5. The Hall–Kier alpha value is -1.71. The number of aliphatic hydroxyl groups excluding tert-OH is 1. The third kappa shape index (κ3) is 7.15. The number of halogens is 4. The lowest BCUT2D eigenvalue weighted by Gasteiger charge is -2.26. The van der Waals surface area contributed by atoms with Gasteiger partial charge in [-0.15, -0.1) is 11.8 Å². The topological polar surface area (TPSA) is 81.9 Å². The van der Waals surface area contributed by atoms with E-state index in [1.165, 1.54) is 35.7 Å². The van der Waals surface area contributed by atoms with E-state index in [1.54, 1.807) is 4.68 Å². The number of benzene rings is 1. The van der Waals surface area contributed by atoms with Gasteiger partial charge in [-0.25, -0.2) is 12.8 Å². The molecule has 2 saturated heterocycles. The minimum absolute atomic E-state index is 0.0599. The molecule has 1 saturated carbocycles. The Morgan fingerprint density at radius 1 is 1.07 bits per heavy atom. The van der Waals surface area contributed by atoms with Gasteiger partial charge in [-0.2, -0.15) is 22.6 Å². The third-order valence-electron chi connectivity index (χ3n) is 9.66. The number of hydrogen-bond donors (Lipinski definition) is 1. The third-order valence-corrected chi connectivity index (χ3v) is 11.9. The molecule has 6 rings (SSSR count). The molecule has 0 radical (unpaired) electrons. The normalized spacial score (nSPS) is 25.9. The summed E-state index contributed by atoms with van der Waals surface area (Å²) in [6, 6.07) is 3.95. The summed E-state index contributed by atoms with van der Waals surface area (Å²) in [5.41, 5.74) is 1.63. The molecule has 4 aliphatic rings. The van der Waals surface area contributed by atoms with E-state index in [2.05, 4.69) is 4.90 Å². The van der Waals surface area contributed by atoms with E-state index in [4.69, 9.17) is 5.10 Å². The van der Waals surface area contributed by atoms with Crippen LogP contribution in [0.25, 0.3) is 11.3 Å². The van der Waals surface area contributed by atoms with Crippen LogP contribution in [0.5, 0.6) is 0 Å². The van der Waals surface area contributed by atoms with Gasteiger partial charge in [-0.05, 0) is 43.2 Å². The first kappa shape index (κ1) is 32.2. The van der Waals surface area contributed by atoms with E-state index >= 15 is 0 Å². The van der Waals surface area contributed by atoms with Crippen molar-refractivity contribution >= 4 is 21.8 Å². The van der Waals surface area contributed by atoms with Gasteiger partial charge in [0.2, 0.25) is 10.0 Å². The number of alkyl halides is 4. The van der Waals surface area contributed by atoms with Gasteiger partial charge < -0.3 is 10.0 Å². The Bertz CT molecular complexity index is 1440. The van der Waals surface area contributed by atoms with Gasteiger partial charge >= 0.3 is 6.18 Å². The number of rotatable bonds is 10. The van der Waals surface area contributed by atoms with E-state index in [-0.39, 0.29) is 24.5 Å². The van der Waals surface area contributed by atoms with Crippen molar-refractivity contribution in [2.24, 2.45) is 11.8 Å². The minimum Gasteiger partial charge on any atom is -0.390 e. The summed E-state index contributed by atoms with van der Waals surface area (Å²) in [5.74, 6) is 1.78. The van der Waals surface area contributed by atoms with E-state index in [0.29, 0.717) is 73.4 Å². The first-order valence-corrected chi connectivity index (χ1v) is 18.3. The lowest BCUT2D eigenvalue weighted by Crippen LogP contribution is -2.37. The first-order chi connectivity index (χ1) is 20.8. The number of thioether (sulfide) groups is 1. The fraction of sp³-hybridized carbons (Fsp3) is 0.700. The van der Waals surface area contributed by atoms with Crippen LogP contribution in [0.2, 0.25) is 0 Å². The van der Waals surface area contributed by atoms with E-state index < -0.39 is 34.0 Å². The lowest BCUT2D eigenvalue weighted by atomic mass is 10.0. The molecule has 0 amide bonds. The maximum Gasteiger partial charge on any atom is 0.417 e. The van der Waals surface area contributed by atoms with Gasteiger partial charge in [0, 0.05) is 86.2 Å². The summed E-state index contributed by atoms with van der Waals surface area (Å²) in [7, 11) is -3.51. The average Bonchev–Trinajstić information content (AvgIpc) is 3.72. The van der Waals surface area contributed by atoms with Crippen molar-refractivity contribution in [2.45, 2.75) is 68.5 Å². The Balaban J connectivity index is 1.26. The molecule has 44 heavy (non-hydrogen) atoms. The number of aliphatic hydroxyl groups is 1. The summed E-state index contributed by atoms with van der Waals surface area (Å²) < 4.78 is 83.6. The quantitative estimate of drug-likeness (QED) is 0.304. The van der Waals surface area contributed by atoms with Crippen molar-refractivity contribution < 1.29 is 31.1 Å². The van der Waals surface area contributed by atoms with Crippen molar-refractivity contribution in [1.82, 2.24) is 23.9 Å². The van der Waals surface area contributed by atoms with Crippen molar-refractivity contribution in [2.75, 3.05) is 57.8 Å². The van der Waals surface area contributed by atoms with Crippen LogP contribution < -0.4 is 0 Å². The molecule has 0 spiro atoms. The summed E-state index contributed by atoms with van der Waals surface area (Å²) in [6.07, 6.45) is -0.383. The monoisotopic (exact) mass is 659 g/mol. The van der Waals surface area contributed by atoms with Crippen LogP contribution >= 0.6 is 11.8 Å². The minimum atomic E-state index is -4.55. The molecule has 0 bridgehead atoms. The van der Waals surface area contributed by atoms with Gasteiger partial charge in [-0.1, -0.05) is 12.5 Å². The Morgan fingerprint density at radius 2 is 1.82 bits per heavy atom. The highest BCUT2D eigenvalue weighted by molar-refractivity contribution is 7.99. The second kappa shape index (κ2) is 12.8. The molecule has 4 atom stereocenters. The summed E-state index contributed by atoms with van der Waals surface area (Å²) in [4.78, 5) is 4.30. The van der Waals surface area contributed by atoms with Crippen LogP contribution in [-0.2, 0) is 35.7 Å². The summed E-state index contributed by atoms with van der Waals surface area (Å²) in [6.45, 7) is 4.45. The molecular weight excluding hydrogens is 618 g/mol. The van der Waals surface area contributed by atoms with Crippen molar-refractivity contribution in [1.29, 1.82) is 0 Å². The van der Waals surface area contributed by atoms with Crippen molar-refractivity contribution in [3.05, 3.63) is 35.0 Å². The summed E-state index contributed by atoms with van der Waals surface area (Å²) in [5, 5.41) is 15.9. The van der Waals surface area contributed by atoms with Crippen LogP contribution in [0.15, 0.2) is 23.1 Å². The second-order valence-corrected chi connectivity index (χ2v) is 16.0. The van der Waals surface area contributed by atoms with Gasteiger partial charge in [0.25, 0.3) is 0 Å². The number of fused-ring (bicyclic) bond motifs is 2. The molecule has 3 aliphatic heterocycles. The van der Waals surface area contributed by atoms with E-state index in [1.807, 2.05) is 4.90 Å². The molecule has 1 aromatic carbocycles. The first-order valence-electron chi connectivity index (χ1n) is 15.5. The molecule has 3 fully saturated rings. The highest BCUT2D eigenvalue weighted by Gasteiger charge is 2.38. The molecule has 244 valence electrons. The molecule has 2 aromatic rings. The van der Waals surface area contributed by atoms with Crippen LogP contribution in [0.1, 0.15) is 42.5 Å². The van der Waals surface area contributed by atoms with Gasteiger partial charge in [0.1, 0.15) is 6.17 Å². The average molecular weight is 660 g/mol. The molecular formula is C30H41F4N5O3S2. The number of sulfonamides is 1. The van der Waals surface area contributed by atoms with Gasteiger partial charge in [-0.3, -0.25) is 9.58 Å². The zero-order valence-corrected chi connectivity index (χ0v) is 26.6. The second-order valence-electron chi connectivity index (χ2n) is 12.9. The Labute approximate surface area is 260 Å². The van der Waals surface area contributed by atoms with Crippen LogP contribution in [0.4, 0.5) is 17.6 Å². The maximum absolute atomic E-state index is 14.0. The van der Waals surface area contributed by atoms with Gasteiger partial charge in [0.15, 0.2) is 0 Å². The fourth-order valence-electron chi connectivity index (χ4n) is 7.47. The van der Waals surface area contributed by atoms with Crippen molar-refractivity contribution in [3.63, 3.8) is 0 Å². The molecule has 8 nitrogen and oxygen atoms in total. The molecule has 4 heterocycles. The smallest absolute Gasteiger partial charge is 0.390 e. The zero-order chi connectivity index (χ0) is 31.2. The number of β-amino-alcohol motifs (C(OH)–C–C–N with tert-alkyl or cyclic N) is 1. The molecule has 1 aliphatic carbocycles. The number of hydrogen-bond acceptors (Lipinski definition) is 7. The Kier molecular flexibility index (Phi) is 9.40. The fourth-order valence-corrected chi connectivity index (χ4v) is 9.37. The van der Waals surface area contributed by atoms with Crippen LogP contribution in [0.3, 0.4) is 0 Å². The summed E-state index contributed by atoms with van der Waals surface area (Å²) >= 11 is 1.08. The SMILES string of the molecule is CS(=O)(=O)N1CCc2c(c(-c3ccc(C(F)(F)F)c(SCCN4CC[C@H](F)C4)c3)nn2C[C@@H](O)CN2CC3CCCC3C2)C1. The highest BCUT2D eigenvalue weighted by Crippen LogP contribution is 2.41. The maximum atomic E-state index is 14.0. The Morgan fingerprint density at radius 3 is 2.48 bits per heavy atom.